The van der Waals surface area contributed by atoms with Crippen molar-refractivity contribution in [2.45, 2.75) is 38.9 Å². The number of hydrogen-bond donors (Lipinski definition) is 1. The molecule has 2 aromatic rings. The lowest BCUT2D eigenvalue weighted by molar-refractivity contribution is 0.320. The van der Waals surface area contributed by atoms with Crippen molar-refractivity contribution in [2.75, 3.05) is 26.2 Å². The lowest BCUT2D eigenvalue weighted by Crippen LogP contribution is -2.60. The Bertz CT molecular complexity index is 1020. The molecule has 4 unspecified atom stereocenters. The van der Waals surface area contributed by atoms with Gasteiger partial charge in [0.15, 0.2) is 0 Å². The molecule has 1 aliphatic heterocycles. The van der Waals surface area contributed by atoms with E-state index in [1.165, 1.54) is 36.2 Å². The van der Waals surface area contributed by atoms with Gasteiger partial charge < -0.3 is 9.88 Å². The maximum absolute atomic E-state index is 3.57. The van der Waals surface area contributed by atoms with Crippen LogP contribution in [0.2, 0.25) is 18.6 Å². The van der Waals surface area contributed by atoms with E-state index in [2.05, 4.69) is 110 Å². The van der Waals surface area contributed by atoms with Crippen LogP contribution in [0.25, 0.3) is 16.7 Å². The summed E-state index contributed by atoms with van der Waals surface area (Å²) in [6.07, 6.45) is 8.72. The van der Waals surface area contributed by atoms with Gasteiger partial charge in [0.2, 0.25) is 0 Å². The van der Waals surface area contributed by atoms with E-state index in [0.717, 1.165) is 30.5 Å². The number of nitrogens with one attached hydrogen (secondary N) is 1. The second-order valence-electron chi connectivity index (χ2n) is 11.2. The Morgan fingerprint density at radius 2 is 1.61 bits per heavy atom. The lowest BCUT2D eigenvalue weighted by atomic mass is 9.80. The van der Waals surface area contributed by atoms with Crippen molar-refractivity contribution in [2.24, 2.45) is 23.7 Å². The van der Waals surface area contributed by atoms with Crippen LogP contribution in [-0.4, -0.2) is 39.0 Å². The molecule has 5 rings (SSSR count). The monoisotopic (exact) mass is 456 g/mol. The Morgan fingerprint density at radius 1 is 0.909 bits per heavy atom. The van der Waals surface area contributed by atoms with Crippen molar-refractivity contribution in [3.05, 3.63) is 78.4 Å². The molecule has 2 nitrogen and oxygen atoms in total. The van der Waals surface area contributed by atoms with Gasteiger partial charge in [-0.1, -0.05) is 93.7 Å². The van der Waals surface area contributed by atoms with Crippen LogP contribution in [0.4, 0.5) is 0 Å². The summed E-state index contributed by atoms with van der Waals surface area (Å²) in [5.41, 5.74) is 6.43. The number of allylic oxidation sites excluding steroid dienone is 4. The minimum absolute atomic E-state index is 0.646. The van der Waals surface area contributed by atoms with Crippen LogP contribution in [-0.2, 0) is 0 Å². The first-order valence-corrected chi connectivity index (χ1v) is 16.0. The summed E-state index contributed by atoms with van der Waals surface area (Å²) in [5.74, 6) is 2.86. The summed E-state index contributed by atoms with van der Waals surface area (Å²) in [6.45, 7) is 15.0. The van der Waals surface area contributed by atoms with Gasteiger partial charge in [-0.3, -0.25) is 0 Å². The lowest BCUT2D eigenvalue weighted by Gasteiger charge is -2.48. The molecule has 3 heteroatoms. The molecular weight excluding hydrogens is 416 g/mol. The standard InChI is InChI=1S/C30H40N2Si/c1-22(2)28-21-29-26(25-13-8-12-24(20-25)23-10-6-5-7-11-23)14-9-15-27(29)30(28)33(3,4)32-18-16-31-17-19-32/h5-15,20,22,27-31H,16-19,21H2,1-4H3. The molecular formula is C30H40N2Si. The van der Waals surface area contributed by atoms with E-state index < -0.39 is 8.24 Å². The topological polar surface area (TPSA) is 15.3 Å². The SMILES string of the molecule is CC(C)C1CC2C(c3cccc(-c4ccccc4)c3)=CC=CC2C1[Si](C)(C)N1CCNCC1. The van der Waals surface area contributed by atoms with E-state index in [-0.39, 0.29) is 0 Å². The Labute approximate surface area is 201 Å². The quantitative estimate of drug-likeness (QED) is 0.504. The third-order valence-corrected chi connectivity index (χ3v) is 13.3. The van der Waals surface area contributed by atoms with Gasteiger partial charge in [-0.05, 0) is 64.0 Å². The van der Waals surface area contributed by atoms with Gasteiger partial charge in [0.25, 0.3) is 0 Å². The second-order valence-corrected chi connectivity index (χ2v) is 15.8. The largest absolute Gasteiger partial charge is 0.321 e. The molecule has 0 aromatic heterocycles. The fraction of sp³-hybridized carbons (Fsp3) is 0.467. The molecule has 0 bridgehead atoms. The summed E-state index contributed by atoms with van der Waals surface area (Å²) < 4.78 is 2.91. The average molecular weight is 457 g/mol. The summed E-state index contributed by atoms with van der Waals surface area (Å²) >= 11 is 0. The molecule has 1 N–H and O–H groups in total. The van der Waals surface area contributed by atoms with Crippen molar-refractivity contribution in [1.82, 2.24) is 9.88 Å². The van der Waals surface area contributed by atoms with E-state index in [1.54, 1.807) is 5.57 Å². The highest BCUT2D eigenvalue weighted by Gasteiger charge is 2.54. The van der Waals surface area contributed by atoms with E-state index in [4.69, 9.17) is 0 Å². The number of benzene rings is 2. The predicted molar refractivity (Wildman–Crippen MR) is 145 cm³/mol. The first-order chi connectivity index (χ1) is 16.0. The zero-order valence-corrected chi connectivity index (χ0v) is 21.8. The first-order valence-electron chi connectivity index (χ1n) is 13.0. The van der Waals surface area contributed by atoms with Gasteiger partial charge in [-0.25, -0.2) is 0 Å². The zero-order valence-electron chi connectivity index (χ0n) is 20.8. The number of piperazine rings is 1. The predicted octanol–water partition coefficient (Wildman–Crippen LogP) is 6.70. The van der Waals surface area contributed by atoms with Crippen LogP contribution < -0.4 is 5.32 Å². The molecule has 2 aliphatic carbocycles. The van der Waals surface area contributed by atoms with Gasteiger partial charge in [0.1, 0.15) is 8.24 Å². The maximum Gasteiger partial charge on any atom is 0.126 e. The minimum atomic E-state index is -1.58. The molecule has 2 aromatic carbocycles. The van der Waals surface area contributed by atoms with Gasteiger partial charge in [0.05, 0.1) is 0 Å². The number of fused-ring (bicyclic) bond motifs is 1. The molecule has 174 valence electrons. The summed E-state index contributed by atoms with van der Waals surface area (Å²) in [6, 6.07) is 20.1. The van der Waals surface area contributed by atoms with E-state index in [1.807, 2.05) is 0 Å². The molecule has 33 heavy (non-hydrogen) atoms. The van der Waals surface area contributed by atoms with Crippen LogP contribution >= 0.6 is 0 Å². The van der Waals surface area contributed by atoms with Crippen molar-refractivity contribution in [1.29, 1.82) is 0 Å². The van der Waals surface area contributed by atoms with Gasteiger partial charge in [0, 0.05) is 26.2 Å². The second kappa shape index (κ2) is 9.36. The van der Waals surface area contributed by atoms with Crippen molar-refractivity contribution >= 4 is 13.8 Å². The molecule has 2 fully saturated rings. The van der Waals surface area contributed by atoms with Crippen LogP contribution in [0, 0.1) is 23.7 Å². The molecule has 1 heterocycles. The van der Waals surface area contributed by atoms with Crippen molar-refractivity contribution in [3.8, 4) is 11.1 Å². The Balaban J connectivity index is 1.48. The zero-order chi connectivity index (χ0) is 23.0. The Hall–Kier alpha value is -1.94. The van der Waals surface area contributed by atoms with E-state index in [9.17, 15) is 0 Å². The summed E-state index contributed by atoms with van der Waals surface area (Å²) in [7, 11) is -1.58. The molecule has 4 atom stereocenters. The van der Waals surface area contributed by atoms with Gasteiger partial charge >= 0.3 is 0 Å². The summed E-state index contributed by atoms with van der Waals surface area (Å²) in [4.78, 5) is 0. The first kappa shape index (κ1) is 22.8. The number of rotatable bonds is 5. The summed E-state index contributed by atoms with van der Waals surface area (Å²) in [5, 5.41) is 3.57. The normalized spacial score (nSPS) is 28.1. The van der Waals surface area contributed by atoms with Crippen LogP contribution in [0.5, 0.6) is 0 Å². The fourth-order valence-corrected chi connectivity index (χ4v) is 11.7. The molecule has 1 saturated carbocycles. The van der Waals surface area contributed by atoms with Gasteiger partial charge in [-0.2, -0.15) is 0 Å². The molecule has 0 amide bonds. The molecule has 1 saturated heterocycles. The third kappa shape index (κ3) is 4.31. The highest BCUT2D eigenvalue weighted by atomic mass is 28.3. The van der Waals surface area contributed by atoms with Crippen molar-refractivity contribution < 1.29 is 0 Å². The molecule has 0 spiro atoms. The molecule has 0 radical (unpaired) electrons. The van der Waals surface area contributed by atoms with E-state index >= 15 is 0 Å². The highest BCUT2D eigenvalue weighted by molar-refractivity contribution is 6.76. The fourth-order valence-electron chi connectivity index (χ4n) is 7.08. The smallest absolute Gasteiger partial charge is 0.126 e. The van der Waals surface area contributed by atoms with Crippen LogP contribution in [0.15, 0.2) is 72.8 Å². The number of hydrogen-bond acceptors (Lipinski definition) is 2. The van der Waals surface area contributed by atoms with Crippen molar-refractivity contribution in [3.63, 3.8) is 0 Å². The third-order valence-electron chi connectivity index (χ3n) is 8.78. The Morgan fingerprint density at radius 3 is 2.33 bits per heavy atom. The molecule has 3 aliphatic rings. The minimum Gasteiger partial charge on any atom is -0.321 e. The van der Waals surface area contributed by atoms with Gasteiger partial charge in [-0.15, -0.1) is 0 Å². The Kier molecular flexibility index (Phi) is 6.48. The van der Waals surface area contributed by atoms with E-state index in [0.29, 0.717) is 11.8 Å². The average Bonchev–Trinajstić information content (AvgIpc) is 3.26. The maximum atomic E-state index is 3.57. The highest BCUT2D eigenvalue weighted by Crippen LogP contribution is 2.59. The number of nitrogens with zero attached hydrogens (tertiary/aromatic N) is 1. The van der Waals surface area contributed by atoms with Crippen LogP contribution in [0.1, 0.15) is 25.8 Å². The van der Waals surface area contributed by atoms with Crippen LogP contribution in [0.3, 0.4) is 0 Å².